The van der Waals surface area contributed by atoms with Gasteiger partial charge in [0.05, 0.1) is 13.2 Å². The predicted molar refractivity (Wildman–Crippen MR) is 117 cm³/mol. The average molecular weight is 405 g/mol. The van der Waals surface area contributed by atoms with E-state index in [1.807, 2.05) is 6.07 Å². The first-order valence-electron chi connectivity index (χ1n) is 10.9. The monoisotopic (exact) mass is 404 g/mol. The van der Waals surface area contributed by atoms with E-state index in [0.29, 0.717) is 0 Å². The molecule has 9 heteroatoms. The van der Waals surface area contributed by atoms with Crippen LogP contribution in [0.5, 0.6) is 0 Å². The minimum atomic E-state index is 0.837. The molecular formula is C20H36N8O. The van der Waals surface area contributed by atoms with Crippen molar-refractivity contribution >= 4 is 11.9 Å². The van der Waals surface area contributed by atoms with Gasteiger partial charge in [0.1, 0.15) is 0 Å². The molecule has 2 fully saturated rings. The Labute approximate surface area is 174 Å². The van der Waals surface area contributed by atoms with Gasteiger partial charge in [0.2, 0.25) is 5.95 Å². The van der Waals surface area contributed by atoms with Crippen LogP contribution in [0.3, 0.4) is 0 Å². The first-order chi connectivity index (χ1) is 14.3. The predicted octanol–water partition coefficient (Wildman–Crippen LogP) is -0.124. The Hall–Kier alpha value is -1.97. The molecule has 0 bridgehead atoms. The number of guanidine groups is 1. The number of nitrogens with one attached hydrogen (secondary N) is 2. The Bertz CT molecular complexity index is 585. The molecule has 9 nitrogen and oxygen atoms in total. The van der Waals surface area contributed by atoms with Crippen LogP contribution in [0.15, 0.2) is 23.5 Å². The summed E-state index contributed by atoms with van der Waals surface area (Å²) in [5, 5.41) is 6.82. The second-order valence-electron chi connectivity index (χ2n) is 7.37. The lowest BCUT2D eigenvalue weighted by Crippen LogP contribution is -2.49. The zero-order valence-electron chi connectivity index (χ0n) is 17.7. The summed E-state index contributed by atoms with van der Waals surface area (Å²) < 4.78 is 5.40. The van der Waals surface area contributed by atoms with E-state index in [1.165, 1.54) is 0 Å². The third-order valence-electron chi connectivity index (χ3n) is 5.28. The van der Waals surface area contributed by atoms with Gasteiger partial charge in [-0.05, 0) is 19.4 Å². The van der Waals surface area contributed by atoms with Gasteiger partial charge in [-0.3, -0.25) is 14.8 Å². The number of ether oxygens (including phenoxy) is 1. The van der Waals surface area contributed by atoms with Crippen molar-refractivity contribution in [1.82, 2.24) is 30.4 Å². The summed E-state index contributed by atoms with van der Waals surface area (Å²) in [6.07, 6.45) is 4.70. The van der Waals surface area contributed by atoms with Crippen molar-refractivity contribution < 1.29 is 4.74 Å². The number of morpholine rings is 1. The van der Waals surface area contributed by atoms with Crippen LogP contribution in [0, 0.1) is 0 Å². The van der Waals surface area contributed by atoms with E-state index >= 15 is 0 Å². The molecule has 29 heavy (non-hydrogen) atoms. The largest absolute Gasteiger partial charge is 0.379 e. The molecule has 0 aliphatic carbocycles. The summed E-state index contributed by atoms with van der Waals surface area (Å²) >= 11 is 0. The molecule has 0 unspecified atom stereocenters. The zero-order valence-corrected chi connectivity index (χ0v) is 17.7. The summed E-state index contributed by atoms with van der Waals surface area (Å²) in [6.45, 7) is 14.7. The highest BCUT2D eigenvalue weighted by Crippen LogP contribution is 2.09. The molecule has 1 aromatic rings. The minimum absolute atomic E-state index is 0.837. The fourth-order valence-electron chi connectivity index (χ4n) is 3.61. The maximum atomic E-state index is 5.40. The van der Waals surface area contributed by atoms with Crippen molar-refractivity contribution in [1.29, 1.82) is 0 Å². The Morgan fingerprint density at radius 3 is 2.45 bits per heavy atom. The van der Waals surface area contributed by atoms with E-state index in [1.54, 1.807) is 12.4 Å². The Kier molecular flexibility index (Phi) is 9.41. The van der Waals surface area contributed by atoms with Gasteiger partial charge in [0.15, 0.2) is 5.96 Å². The van der Waals surface area contributed by atoms with Crippen LogP contribution in [-0.2, 0) is 4.74 Å². The van der Waals surface area contributed by atoms with Crippen molar-refractivity contribution in [2.45, 2.75) is 13.3 Å². The summed E-state index contributed by atoms with van der Waals surface area (Å²) in [5.41, 5.74) is 0. The van der Waals surface area contributed by atoms with Crippen LogP contribution >= 0.6 is 0 Å². The van der Waals surface area contributed by atoms with E-state index < -0.39 is 0 Å². The number of hydrogen-bond acceptors (Lipinski definition) is 7. The summed E-state index contributed by atoms with van der Waals surface area (Å²) in [6, 6.07) is 1.86. The molecule has 1 aromatic heterocycles. The van der Waals surface area contributed by atoms with Crippen LogP contribution in [0.2, 0.25) is 0 Å². The molecule has 0 saturated carbocycles. The van der Waals surface area contributed by atoms with E-state index in [-0.39, 0.29) is 0 Å². The lowest BCUT2D eigenvalue weighted by molar-refractivity contribution is 0.0377. The number of aromatic nitrogens is 2. The topological polar surface area (TPSA) is 81.2 Å². The molecule has 2 aliphatic heterocycles. The Morgan fingerprint density at radius 1 is 1.00 bits per heavy atom. The molecule has 3 heterocycles. The molecule has 2 aliphatic rings. The third kappa shape index (κ3) is 7.75. The maximum Gasteiger partial charge on any atom is 0.225 e. The van der Waals surface area contributed by atoms with Crippen molar-refractivity contribution in [2.24, 2.45) is 4.99 Å². The number of nitrogens with zero attached hydrogens (tertiary/aromatic N) is 6. The smallest absolute Gasteiger partial charge is 0.225 e. The molecule has 0 aromatic carbocycles. The van der Waals surface area contributed by atoms with Gasteiger partial charge in [-0.1, -0.05) is 0 Å². The van der Waals surface area contributed by atoms with Crippen LogP contribution in [0.25, 0.3) is 0 Å². The highest BCUT2D eigenvalue weighted by atomic mass is 16.5. The second kappa shape index (κ2) is 12.6. The highest BCUT2D eigenvalue weighted by Gasteiger charge is 2.18. The average Bonchev–Trinajstić information content (AvgIpc) is 2.78. The number of piperazine rings is 1. The van der Waals surface area contributed by atoms with Crippen molar-refractivity contribution in [3.05, 3.63) is 18.5 Å². The Balaban J connectivity index is 1.30. The van der Waals surface area contributed by atoms with Gasteiger partial charge in [-0.2, -0.15) is 0 Å². The number of rotatable bonds is 9. The van der Waals surface area contributed by atoms with Crippen molar-refractivity contribution in [3.63, 3.8) is 0 Å². The fraction of sp³-hybridized carbons (Fsp3) is 0.750. The molecule has 0 atom stereocenters. The molecule has 0 spiro atoms. The summed E-state index contributed by atoms with van der Waals surface area (Å²) in [5.74, 6) is 1.76. The fourth-order valence-corrected chi connectivity index (χ4v) is 3.61. The summed E-state index contributed by atoms with van der Waals surface area (Å²) in [4.78, 5) is 20.6. The molecule has 162 valence electrons. The van der Waals surface area contributed by atoms with Crippen LogP contribution in [-0.4, -0.2) is 111 Å². The lowest BCUT2D eigenvalue weighted by atomic mass is 10.3. The highest BCUT2D eigenvalue weighted by molar-refractivity contribution is 5.79. The Morgan fingerprint density at radius 2 is 1.72 bits per heavy atom. The van der Waals surface area contributed by atoms with E-state index in [2.05, 4.69) is 42.2 Å². The lowest BCUT2D eigenvalue weighted by Gasteiger charge is -2.34. The molecule has 3 rings (SSSR count). The third-order valence-corrected chi connectivity index (χ3v) is 5.28. The van der Waals surface area contributed by atoms with Crippen molar-refractivity contribution in [2.75, 3.05) is 90.1 Å². The van der Waals surface area contributed by atoms with Gasteiger partial charge >= 0.3 is 0 Å². The van der Waals surface area contributed by atoms with Gasteiger partial charge in [-0.15, -0.1) is 0 Å². The van der Waals surface area contributed by atoms with Crippen LogP contribution < -0.4 is 15.5 Å². The van der Waals surface area contributed by atoms with Crippen molar-refractivity contribution in [3.8, 4) is 0 Å². The number of anilines is 1. The number of hydrogen-bond donors (Lipinski definition) is 2. The summed E-state index contributed by atoms with van der Waals surface area (Å²) in [7, 11) is 0. The zero-order chi connectivity index (χ0) is 20.2. The van der Waals surface area contributed by atoms with Crippen LogP contribution in [0.4, 0.5) is 5.95 Å². The first-order valence-corrected chi connectivity index (χ1v) is 10.9. The standard InChI is InChI=1S/C20H36N8O/c1-2-21-19(22-7-4-9-26-15-17-29-18-16-26)23-8-10-27-11-13-28(14-12-27)20-24-5-3-6-25-20/h3,5-6H,2,4,7-18H2,1H3,(H2,21,22,23). The second-order valence-corrected chi connectivity index (χ2v) is 7.37. The number of aliphatic imine (C=N–C) groups is 1. The molecule has 0 radical (unpaired) electrons. The van der Waals surface area contributed by atoms with E-state index in [4.69, 9.17) is 9.73 Å². The van der Waals surface area contributed by atoms with Gasteiger partial charge in [-0.25, -0.2) is 9.97 Å². The van der Waals surface area contributed by atoms with Crippen LogP contribution in [0.1, 0.15) is 13.3 Å². The van der Waals surface area contributed by atoms with Gasteiger partial charge in [0, 0.05) is 84.4 Å². The molecule has 2 N–H and O–H groups in total. The first kappa shape index (κ1) is 21.7. The molecule has 2 saturated heterocycles. The van der Waals surface area contributed by atoms with E-state index in [9.17, 15) is 0 Å². The SMILES string of the molecule is CCNC(=NCCCN1CCOCC1)NCCN1CCN(c2ncccn2)CC1. The normalized spacial score (nSPS) is 19.3. The minimum Gasteiger partial charge on any atom is -0.379 e. The molecule has 0 amide bonds. The van der Waals surface area contributed by atoms with E-state index in [0.717, 1.165) is 104 Å². The van der Waals surface area contributed by atoms with Gasteiger partial charge < -0.3 is 20.3 Å². The maximum absolute atomic E-state index is 5.40. The molecular weight excluding hydrogens is 368 g/mol. The quantitative estimate of drug-likeness (QED) is 0.335. The van der Waals surface area contributed by atoms with Gasteiger partial charge in [0.25, 0.3) is 0 Å².